The Hall–Kier alpha value is -1.52. The van der Waals surface area contributed by atoms with E-state index in [1.807, 2.05) is 24.3 Å². The van der Waals surface area contributed by atoms with Gasteiger partial charge in [0, 0.05) is 0 Å². The summed E-state index contributed by atoms with van der Waals surface area (Å²) in [5, 5.41) is 6.47. The van der Waals surface area contributed by atoms with E-state index in [2.05, 4.69) is 16.5 Å². The van der Waals surface area contributed by atoms with Crippen molar-refractivity contribution in [2.24, 2.45) is 0 Å². The number of amides is 1. The van der Waals surface area contributed by atoms with Gasteiger partial charge < -0.3 is 0 Å². The van der Waals surface area contributed by atoms with E-state index in [0.717, 1.165) is 0 Å². The second-order valence-electron chi connectivity index (χ2n) is 2.92. The minimum atomic E-state index is -0.481. The van der Waals surface area contributed by atoms with Crippen LogP contribution in [0.1, 0.15) is 6.42 Å². The van der Waals surface area contributed by atoms with Crippen molar-refractivity contribution in [2.75, 3.05) is 11.9 Å². The van der Waals surface area contributed by atoms with Gasteiger partial charge in [0.2, 0.25) is 0 Å². The number of terminal acetylenes is 1. The molecular formula is C12H12AsNO2. The molecule has 1 rings (SSSR count). The van der Waals surface area contributed by atoms with Gasteiger partial charge in [0.1, 0.15) is 0 Å². The number of hydrogen-bond acceptors (Lipinski definition) is 2. The summed E-state index contributed by atoms with van der Waals surface area (Å²) in [5.74, 6) is 2.39. The zero-order chi connectivity index (χ0) is 11.8. The van der Waals surface area contributed by atoms with E-state index < -0.39 is 6.09 Å². The first-order chi connectivity index (χ1) is 7.76. The molecule has 0 atom stereocenters. The van der Waals surface area contributed by atoms with E-state index in [1.165, 1.54) is 4.35 Å². The van der Waals surface area contributed by atoms with Crippen molar-refractivity contribution in [3.8, 4) is 12.3 Å². The molecule has 0 unspecified atom stereocenters. The van der Waals surface area contributed by atoms with E-state index in [9.17, 15) is 4.79 Å². The fraction of sp³-hybridized carbons (Fsp3) is 0.167. The molecule has 0 bridgehead atoms. The summed E-state index contributed by atoms with van der Waals surface area (Å²) >= 11 is -0.0225. The predicted octanol–water partition coefficient (Wildman–Crippen LogP) is 1.02. The summed E-state index contributed by atoms with van der Waals surface area (Å²) in [6.07, 6.45) is 4.98. The van der Waals surface area contributed by atoms with Gasteiger partial charge in [-0.05, 0) is 0 Å². The Balaban J connectivity index is 2.44. The molecule has 4 heteroatoms. The molecule has 0 heterocycles. The van der Waals surface area contributed by atoms with Gasteiger partial charge in [0.15, 0.2) is 0 Å². The van der Waals surface area contributed by atoms with Crippen molar-refractivity contribution in [1.29, 1.82) is 0 Å². The Bertz CT molecular complexity index is 406. The third kappa shape index (κ3) is 4.33. The fourth-order valence-electron chi connectivity index (χ4n) is 1.01. The van der Waals surface area contributed by atoms with Gasteiger partial charge in [-0.1, -0.05) is 0 Å². The molecule has 16 heavy (non-hydrogen) atoms. The number of anilines is 1. The first-order valence-electron chi connectivity index (χ1n) is 4.70. The molecule has 0 fully saturated rings. The van der Waals surface area contributed by atoms with Gasteiger partial charge >= 0.3 is 101 Å². The number of hydrogen-bond donors (Lipinski definition) is 1. The molecule has 0 aromatic heterocycles. The van der Waals surface area contributed by atoms with Crippen LogP contribution in [-0.2, 0) is 4.74 Å². The molecule has 0 aliphatic carbocycles. The summed E-state index contributed by atoms with van der Waals surface area (Å²) in [7, 11) is 0. The maximum atomic E-state index is 11.2. The van der Waals surface area contributed by atoms with Gasteiger partial charge in [-0.15, -0.1) is 0 Å². The third-order valence-electron chi connectivity index (χ3n) is 1.78. The molecule has 0 aliphatic heterocycles. The summed E-state index contributed by atoms with van der Waals surface area (Å²) < 4.78 is 6.05. The van der Waals surface area contributed by atoms with Crippen molar-refractivity contribution in [3.05, 3.63) is 24.3 Å². The van der Waals surface area contributed by atoms with Gasteiger partial charge in [0.25, 0.3) is 0 Å². The molecule has 82 valence electrons. The Kier molecular flexibility index (Phi) is 5.39. The Morgan fingerprint density at radius 2 is 2.19 bits per heavy atom. The molecule has 0 spiro atoms. The number of carbonyl (C=O) groups excluding carboxylic acids is 1. The molecule has 3 nitrogen and oxygen atoms in total. The fourth-order valence-corrected chi connectivity index (χ4v) is 1.76. The molecule has 0 radical (unpaired) electrons. The standard InChI is InChI=1S/C12H12AsNO2/c1-3-4-9-16-12(15)14-11-7-5-10(13-2)6-8-11/h1,5-8H,2,4,9H2,(H,14,15). The van der Waals surface area contributed by atoms with Crippen molar-refractivity contribution < 1.29 is 9.53 Å². The number of rotatable bonds is 4. The van der Waals surface area contributed by atoms with E-state index in [0.29, 0.717) is 12.1 Å². The van der Waals surface area contributed by atoms with Gasteiger partial charge in [-0.25, -0.2) is 0 Å². The molecule has 0 saturated heterocycles. The van der Waals surface area contributed by atoms with E-state index >= 15 is 0 Å². The summed E-state index contributed by atoms with van der Waals surface area (Å²) in [6.45, 7) is 0.240. The topological polar surface area (TPSA) is 38.3 Å². The van der Waals surface area contributed by atoms with Gasteiger partial charge in [0.05, 0.1) is 0 Å². The molecule has 1 aromatic rings. The van der Waals surface area contributed by atoms with Crippen LogP contribution in [0.3, 0.4) is 0 Å². The molecule has 1 aromatic carbocycles. The number of benzene rings is 1. The Labute approximate surface area is 101 Å². The van der Waals surface area contributed by atoms with E-state index in [-0.39, 0.29) is 21.9 Å². The molecule has 0 aliphatic rings. The van der Waals surface area contributed by atoms with Crippen LogP contribution >= 0.6 is 0 Å². The summed E-state index contributed by atoms with van der Waals surface area (Å²) in [6, 6.07) is 7.56. The second-order valence-corrected chi connectivity index (χ2v) is 4.67. The number of ether oxygens (including phenoxy) is 1. The zero-order valence-corrected chi connectivity index (χ0v) is 10.6. The van der Waals surface area contributed by atoms with Crippen LogP contribution < -0.4 is 9.67 Å². The Morgan fingerprint density at radius 1 is 1.50 bits per heavy atom. The molecule has 1 N–H and O–H groups in total. The average molecular weight is 277 g/mol. The van der Waals surface area contributed by atoms with Crippen LogP contribution in [0.2, 0.25) is 0 Å². The van der Waals surface area contributed by atoms with Crippen molar-refractivity contribution in [2.45, 2.75) is 6.42 Å². The van der Waals surface area contributed by atoms with Crippen LogP contribution in [0, 0.1) is 12.3 Å². The average Bonchev–Trinajstić information content (AvgIpc) is 2.30. The van der Waals surface area contributed by atoms with Crippen LogP contribution in [0.4, 0.5) is 10.5 Å². The quantitative estimate of drug-likeness (QED) is 0.507. The van der Waals surface area contributed by atoms with Crippen LogP contribution in [-0.4, -0.2) is 33.3 Å². The number of nitrogens with one attached hydrogen (secondary N) is 1. The monoisotopic (exact) mass is 277 g/mol. The van der Waals surface area contributed by atoms with E-state index in [1.54, 1.807) is 0 Å². The van der Waals surface area contributed by atoms with Gasteiger partial charge in [-0.2, -0.15) is 0 Å². The van der Waals surface area contributed by atoms with Crippen molar-refractivity contribution in [3.63, 3.8) is 0 Å². The molecule has 0 saturated carbocycles. The number of carbonyl (C=O) groups is 1. The summed E-state index contributed by atoms with van der Waals surface area (Å²) in [4.78, 5) is 11.2. The first-order valence-corrected chi connectivity index (χ1v) is 6.97. The van der Waals surface area contributed by atoms with E-state index in [4.69, 9.17) is 11.2 Å². The molecular weight excluding hydrogens is 265 g/mol. The van der Waals surface area contributed by atoms with Crippen molar-refractivity contribution >= 4 is 36.8 Å². The second kappa shape index (κ2) is 6.87. The minimum absolute atomic E-state index is 0.0225. The normalized spacial score (nSPS) is 9.44. The molecule has 1 amide bonds. The SMILES string of the molecule is C#CCCOC(=O)Nc1ccc([As]=C)cc1. The predicted molar refractivity (Wildman–Crippen MR) is 67.4 cm³/mol. The van der Waals surface area contributed by atoms with Crippen LogP contribution in [0.5, 0.6) is 0 Å². The van der Waals surface area contributed by atoms with Gasteiger partial charge in [-0.3, -0.25) is 0 Å². The van der Waals surface area contributed by atoms with Crippen molar-refractivity contribution in [1.82, 2.24) is 0 Å². The zero-order valence-electron chi connectivity index (χ0n) is 8.77. The first kappa shape index (κ1) is 12.5. The summed E-state index contributed by atoms with van der Waals surface area (Å²) in [5.41, 5.74) is 0.712. The van der Waals surface area contributed by atoms with Crippen LogP contribution in [0.25, 0.3) is 0 Å². The third-order valence-corrected chi connectivity index (χ3v) is 3.17. The maximum absolute atomic E-state index is 11.2. The van der Waals surface area contributed by atoms with Crippen LogP contribution in [0.15, 0.2) is 24.3 Å². The Morgan fingerprint density at radius 3 is 2.75 bits per heavy atom.